The van der Waals surface area contributed by atoms with Crippen LogP contribution in [0.3, 0.4) is 0 Å². The Morgan fingerprint density at radius 2 is 1.94 bits per heavy atom. The fraction of sp³-hybridized carbons (Fsp3) is 0.600. The molecule has 0 bridgehead atoms. The largest absolute Gasteiger partial charge is 0.383 e. The van der Waals surface area contributed by atoms with Gasteiger partial charge in [0.2, 0.25) is 0 Å². The molecule has 1 atom stereocenters. The normalized spacial score (nSPS) is 21.0. The van der Waals surface area contributed by atoms with E-state index in [-0.39, 0.29) is 0 Å². The lowest BCUT2D eigenvalue weighted by molar-refractivity contribution is 0.209. The average Bonchev–Trinajstić information content (AvgIpc) is 2.30. The predicted octanol–water partition coefficient (Wildman–Crippen LogP) is 1.93. The van der Waals surface area contributed by atoms with E-state index < -0.39 is 0 Å². The van der Waals surface area contributed by atoms with Gasteiger partial charge in [-0.3, -0.25) is 4.90 Å². The van der Waals surface area contributed by atoms with E-state index in [1.807, 2.05) is 0 Å². The van der Waals surface area contributed by atoms with Crippen molar-refractivity contribution in [3.05, 3.63) is 28.8 Å². The summed E-state index contributed by atoms with van der Waals surface area (Å²) in [4.78, 5) is 2.43. The van der Waals surface area contributed by atoms with Crippen LogP contribution < -0.4 is 10.6 Å². The van der Waals surface area contributed by atoms with Crippen LogP contribution in [-0.2, 0) is 0 Å². The van der Waals surface area contributed by atoms with Crippen molar-refractivity contribution in [3.8, 4) is 0 Å². The van der Waals surface area contributed by atoms with Crippen LogP contribution in [-0.4, -0.2) is 44.2 Å². The highest BCUT2D eigenvalue weighted by Gasteiger charge is 2.18. The van der Waals surface area contributed by atoms with Crippen LogP contribution in [0, 0.1) is 20.8 Å². The number of rotatable bonds is 3. The fourth-order valence-corrected chi connectivity index (χ4v) is 2.77. The van der Waals surface area contributed by atoms with Crippen molar-refractivity contribution < 1.29 is 0 Å². The SMILES string of the molecule is Cc1cc(C)c(NCC2CNCCN2C)c(C)c1. The minimum Gasteiger partial charge on any atom is -0.383 e. The molecular weight excluding hydrogens is 222 g/mol. The first-order chi connectivity index (χ1) is 8.58. The van der Waals surface area contributed by atoms with Gasteiger partial charge in [-0.1, -0.05) is 17.7 Å². The van der Waals surface area contributed by atoms with Crippen LogP contribution in [0.25, 0.3) is 0 Å². The Labute approximate surface area is 111 Å². The molecule has 3 nitrogen and oxygen atoms in total. The first-order valence-corrected chi connectivity index (χ1v) is 6.80. The van der Waals surface area contributed by atoms with Crippen molar-refractivity contribution >= 4 is 5.69 Å². The Morgan fingerprint density at radius 1 is 1.28 bits per heavy atom. The summed E-state index contributed by atoms with van der Waals surface area (Å²) in [7, 11) is 2.21. The molecule has 0 spiro atoms. The molecule has 100 valence electrons. The monoisotopic (exact) mass is 247 g/mol. The molecule has 1 unspecified atom stereocenters. The highest BCUT2D eigenvalue weighted by Crippen LogP contribution is 2.22. The van der Waals surface area contributed by atoms with Gasteiger partial charge in [0.05, 0.1) is 0 Å². The zero-order valence-electron chi connectivity index (χ0n) is 12.0. The summed E-state index contributed by atoms with van der Waals surface area (Å²) in [5.41, 5.74) is 5.34. The van der Waals surface area contributed by atoms with E-state index in [4.69, 9.17) is 0 Å². The molecule has 1 aromatic carbocycles. The van der Waals surface area contributed by atoms with Crippen LogP contribution in [0.5, 0.6) is 0 Å². The minimum atomic E-state index is 0.582. The van der Waals surface area contributed by atoms with Crippen molar-refractivity contribution in [2.75, 3.05) is 38.5 Å². The van der Waals surface area contributed by atoms with Crippen LogP contribution in [0.2, 0.25) is 0 Å². The topological polar surface area (TPSA) is 27.3 Å². The molecule has 0 saturated carbocycles. The molecular formula is C15H25N3. The van der Waals surface area contributed by atoms with Gasteiger partial charge in [0, 0.05) is 37.9 Å². The van der Waals surface area contributed by atoms with E-state index >= 15 is 0 Å². The lowest BCUT2D eigenvalue weighted by Gasteiger charge is -2.33. The van der Waals surface area contributed by atoms with Gasteiger partial charge in [0.25, 0.3) is 0 Å². The van der Waals surface area contributed by atoms with Crippen molar-refractivity contribution in [1.29, 1.82) is 0 Å². The van der Waals surface area contributed by atoms with Crippen molar-refractivity contribution in [2.45, 2.75) is 26.8 Å². The third-order valence-electron chi connectivity index (χ3n) is 3.84. The van der Waals surface area contributed by atoms with Gasteiger partial charge >= 0.3 is 0 Å². The van der Waals surface area contributed by atoms with E-state index in [9.17, 15) is 0 Å². The molecule has 0 amide bonds. The second-order valence-electron chi connectivity index (χ2n) is 5.49. The van der Waals surface area contributed by atoms with Crippen molar-refractivity contribution in [1.82, 2.24) is 10.2 Å². The number of benzene rings is 1. The van der Waals surface area contributed by atoms with Crippen LogP contribution in [0.4, 0.5) is 5.69 Å². The number of likely N-dealkylation sites (N-methyl/N-ethyl adjacent to an activating group) is 1. The minimum absolute atomic E-state index is 0.582. The van der Waals surface area contributed by atoms with Gasteiger partial charge in [-0.15, -0.1) is 0 Å². The molecule has 0 aromatic heterocycles. The Kier molecular flexibility index (Phi) is 4.25. The second kappa shape index (κ2) is 5.72. The number of nitrogens with zero attached hydrogens (tertiary/aromatic N) is 1. The molecule has 0 radical (unpaired) electrons. The van der Waals surface area contributed by atoms with E-state index in [0.717, 1.165) is 26.2 Å². The maximum absolute atomic E-state index is 3.63. The summed E-state index contributed by atoms with van der Waals surface area (Å²) < 4.78 is 0. The van der Waals surface area contributed by atoms with Crippen LogP contribution >= 0.6 is 0 Å². The van der Waals surface area contributed by atoms with Crippen LogP contribution in [0.1, 0.15) is 16.7 Å². The molecule has 1 aromatic rings. The molecule has 1 heterocycles. The van der Waals surface area contributed by atoms with Gasteiger partial charge in [-0.05, 0) is 38.9 Å². The summed E-state index contributed by atoms with van der Waals surface area (Å²) in [6, 6.07) is 5.08. The highest BCUT2D eigenvalue weighted by atomic mass is 15.2. The van der Waals surface area contributed by atoms with Crippen molar-refractivity contribution in [3.63, 3.8) is 0 Å². The third-order valence-corrected chi connectivity index (χ3v) is 3.84. The van der Waals surface area contributed by atoms with Gasteiger partial charge in [-0.25, -0.2) is 0 Å². The zero-order valence-corrected chi connectivity index (χ0v) is 12.0. The zero-order chi connectivity index (χ0) is 13.1. The number of aryl methyl sites for hydroxylation is 3. The van der Waals surface area contributed by atoms with E-state index in [1.54, 1.807) is 0 Å². The maximum atomic E-state index is 3.63. The summed E-state index contributed by atoms with van der Waals surface area (Å²) in [5, 5.41) is 7.09. The maximum Gasteiger partial charge on any atom is 0.0400 e. The van der Waals surface area contributed by atoms with Crippen LogP contribution in [0.15, 0.2) is 12.1 Å². The van der Waals surface area contributed by atoms with Crippen molar-refractivity contribution in [2.24, 2.45) is 0 Å². The molecule has 18 heavy (non-hydrogen) atoms. The molecule has 3 heteroatoms. The molecule has 0 aliphatic carbocycles. The number of piperazine rings is 1. The van der Waals surface area contributed by atoms with Gasteiger partial charge in [-0.2, -0.15) is 0 Å². The lowest BCUT2D eigenvalue weighted by Crippen LogP contribution is -2.52. The quantitative estimate of drug-likeness (QED) is 0.854. The molecule has 2 N–H and O–H groups in total. The summed E-state index contributed by atoms with van der Waals surface area (Å²) in [6.07, 6.45) is 0. The summed E-state index contributed by atoms with van der Waals surface area (Å²) in [5.74, 6) is 0. The molecule has 1 saturated heterocycles. The van der Waals surface area contributed by atoms with Gasteiger partial charge in [0.1, 0.15) is 0 Å². The average molecular weight is 247 g/mol. The highest BCUT2D eigenvalue weighted by molar-refractivity contribution is 5.58. The number of hydrogen-bond acceptors (Lipinski definition) is 3. The number of nitrogens with one attached hydrogen (secondary N) is 2. The van der Waals surface area contributed by atoms with E-state index in [0.29, 0.717) is 6.04 Å². The third kappa shape index (κ3) is 3.03. The van der Waals surface area contributed by atoms with Gasteiger partial charge in [0.15, 0.2) is 0 Å². The predicted molar refractivity (Wildman–Crippen MR) is 78.4 cm³/mol. The second-order valence-corrected chi connectivity index (χ2v) is 5.49. The van der Waals surface area contributed by atoms with Gasteiger partial charge < -0.3 is 10.6 Å². The molecule has 2 rings (SSSR count). The fourth-order valence-electron chi connectivity index (χ4n) is 2.77. The Bertz CT molecular complexity index is 391. The first-order valence-electron chi connectivity index (χ1n) is 6.80. The first kappa shape index (κ1) is 13.4. The Hall–Kier alpha value is -1.06. The standard InChI is InChI=1S/C15H25N3/c1-11-7-12(2)15(13(3)8-11)17-10-14-9-16-5-6-18(14)4/h7-8,14,16-17H,5-6,9-10H2,1-4H3. The molecule has 1 fully saturated rings. The number of anilines is 1. The smallest absolute Gasteiger partial charge is 0.0400 e. The van der Waals surface area contributed by atoms with E-state index in [1.165, 1.54) is 22.4 Å². The Balaban J connectivity index is 2.01. The van der Waals surface area contributed by atoms with E-state index in [2.05, 4.69) is 55.5 Å². The Morgan fingerprint density at radius 3 is 2.56 bits per heavy atom. The number of hydrogen-bond donors (Lipinski definition) is 2. The molecule has 1 aliphatic rings. The summed E-state index contributed by atoms with van der Waals surface area (Å²) >= 11 is 0. The summed E-state index contributed by atoms with van der Waals surface area (Å²) in [6.45, 7) is 10.9. The lowest BCUT2D eigenvalue weighted by atomic mass is 10.0. The molecule has 1 aliphatic heterocycles.